The summed E-state index contributed by atoms with van der Waals surface area (Å²) in [5.41, 5.74) is 1.84. The lowest BCUT2D eigenvalue weighted by molar-refractivity contribution is -0.131. The third-order valence-electron chi connectivity index (χ3n) is 2.33. The van der Waals surface area contributed by atoms with Crippen LogP contribution in [0.5, 0.6) is 5.75 Å². The number of carbonyl (C=O) groups is 1. The highest BCUT2D eigenvalue weighted by atomic mass is 16.4. The molecule has 0 atom stereocenters. The summed E-state index contributed by atoms with van der Waals surface area (Å²) in [5.74, 6) is -0.743. The van der Waals surface area contributed by atoms with E-state index in [9.17, 15) is 9.90 Å². The first-order valence-electron chi connectivity index (χ1n) is 5.36. The molecule has 0 spiro atoms. The SMILES string of the molecule is CCCCc1cc(O)ccc1/C=C/C(=O)O. The molecule has 16 heavy (non-hydrogen) atoms. The Morgan fingerprint density at radius 1 is 1.44 bits per heavy atom. The van der Waals surface area contributed by atoms with Gasteiger partial charge in [-0.05, 0) is 42.2 Å². The van der Waals surface area contributed by atoms with Gasteiger partial charge in [0.25, 0.3) is 0 Å². The van der Waals surface area contributed by atoms with Gasteiger partial charge >= 0.3 is 5.97 Å². The maximum Gasteiger partial charge on any atom is 0.328 e. The highest BCUT2D eigenvalue weighted by Gasteiger charge is 2.01. The number of unbranched alkanes of at least 4 members (excludes halogenated alkanes) is 1. The second-order valence-corrected chi connectivity index (χ2v) is 3.66. The highest BCUT2D eigenvalue weighted by Crippen LogP contribution is 2.19. The van der Waals surface area contributed by atoms with Crippen molar-refractivity contribution in [2.45, 2.75) is 26.2 Å². The summed E-state index contributed by atoms with van der Waals surface area (Å²) in [6.45, 7) is 2.09. The second kappa shape index (κ2) is 5.95. The Kier molecular flexibility index (Phi) is 4.58. The maximum atomic E-state index is 10.4. The second-order valence-electron chi connectivity index (χ2n) is 3.66. The van der Waals surface area contributed by atoms with Crippen molar-refractivity contribution in [1.82, 2.24) is 0 Å². The van der Waals surface area contributed by atoms with Crippen LogP contribution in [0.3, 0.4) is 0 Å². The van der Waals surface area contributed by atoms with Crippen LogP contribution in [0, 0.1) is 0 Å². The molecule has 1 rings (SSSR count). The van der Waals surface area contributed by atoms with Crippen LogP contribution in [0.1, 0.15) is 30.9 Å². The number of aliphatic carboxylic acids is 1. The minimum atomic E-state index is -0.963. The van der Waals surface area contributed by atoms with Crippen molar-refractivity contribution in [1.29, 1.82) is 0 Å². The normalized spacial score (nSPS) is 10.8. The zero-order valence-electron chi connectivity index (χ0n) is 9.31. The van der Waals surface area contributed by atoms with Gasteiger partial charge in [0.2, 0.25) is 0 Å². The summed E-state index contributed by atoms with van der Waals surface area (Å²) < 4.78 is 0. The summed E-state index contributed by atoms with van der Waals surface area (Å²) in [5, 5.41) is 17.9. The summed E-state index contributed by atoms with van der Waals surface area (Å²) in [7, 11) is 0. The van der Waals surface area contributed by atoms with Crippen LogP contribution in [0.4, 0.5) is 0 Å². The summed E-state index contributed by atoms with van der Waals surface area (Å²) >= 11 is 0. The average molecular weight is 220 g/mol. The van der Waals surface area contributed by atoms with Crippen LogP contribution >= 0.6 is 0 Å². The van der Waals surface area contributed by atoms with E-state index in [1.165, 1.54) is 0 Å². The van der Waals surface area contributed by atoms with Gasteiger partial charge in [-0.2, -0.15) is 0 Å². The van der Waals surface area contributed by atoms with E-state index in [-0.39, 0.29) is 5.75 Å². The van der Waals surface area contributed by atoms with Gasteiger partial charge in [-0.25, -0.2) is 4.79 Å². The molecule has 2 N–H and O–H groups in total. The van der Waals surface area contributed by atoms with E-state index in [0.717, 1.165) is 36.5 Å². The Bertz CT molecular complexity index is 394. The smallest absolute Gasteiger partial charge is 0.328 e. The van der Waals surface area contributed by atoms with Crippen molar-refractivity contribution in [2.75, 3.05) is 0 Å². The molecule has 0 bridgehead atoms. The Hall–Kier alpha value is -1.77. The molecule has 0 amide bonds. The molecule has 0 unspecified atom stereocenters. The van der Waals surface area contributed by atoms with E-state index in [1.54, 1.807) is 24.3 Å². The molecular weight excluding hydrogens is 204 g/mol. The maximum absolute atomic E-state index is 10.4. The third kappa shape index (κ3) is 3.77. The van der Waals surface area contributed by atoms with Crippen molar-refractivity contribution < 1.29 is 15.0 Å². The lowest BCUT2D eigenvalue weighted by Gasteiger charge is -2.05. The number of phenols is 1. The lowest BCUT2D eigenvalue weighted by atomic mass is 10.0. The number of carboxylic acid groups (broad SMARTS) is 1. The predicted molar refractivity (Wildman–Crippen MR) is 63.4 cm³/mol. The van der Waals surface area contributed by atoms with Gasteiger partial charge in [-0.3, -0.25) is 0 Å². The van der Waals surface area contributed by atoms with Gasteiger partial charge < -0.3 is 10.2 Å². The fraction of sp³-hybridized carbons (Fsp3) is 0.308. The number of benzene rings is 1. The van der Waals surface area contributed by atoms with Crippen LogP contribution in [-0.4, -0.2) is 16.2 Å². The molecule has 3 heteroatoms. The van der Waals surface area contributed by atoms with Crippen LogP contribution in [0.15, 0.2) is 24.3 Å². The molecule has 3 nitrogen and oxygen atoms in total. The van der Waals surface area contributed by atoms with Gasteiger partial charge in [0.15, 0.2) is 0 Å². The van der Waals surface area contributed by atoms with E-state index in [4.69, 9.17) is 5.11 Å². The monoisotopic (exact) mass is 220 g/mol. The standard InChI is InChI=1S/C13H16O3/c1-2-3-4-11-9-12(14)7-5-10(11)6-8-13(15)16/h5-9,14H,2-4H2,1H3,(H,15,16)/b8-6+. The number of aryl methyl sites for hydroxylation is 1. The molecule has 0 saturated carbocycles. The van der Waals surface area contributed by atoms with Gasteiger partial charge in [0, 0.05) is 6.08 Å². The van der Waals surface area contributed by atoms with E-state index < -0.39 is 5.97 Å². The van der Waals surface area contributed by atoms with E-state index >= 15 is 0 Å². The zero-order chi connectivity index (χ0) is 12.0. The largest absolute Gasteiger partial charge is 0.508 e. The fourth-order valence-electron chi connectivity index (χ4n) is 1.50. The Morgan fingerprint density at radius 2 is 2.19 bits per heavy atom. The Balaban J connectivity index is 2.92. The van der Waals surface area contributed by atoms with E-state index in [2.05, 4.69) is 6.92 Å². The molecule has 0 aliphatic carbocycles. The van der Waals surface area contributed by atoms with Crippen molar-refractivity contribution in [3.05, 3.63) is 35.4 Å². The van der Waals surface area contributed by atoms with Crippen molar-refractivity contribution in [2.24, 2.45) is 0 Å². The quantitative estimate of drug-likeness (QED) is 0.750. The zero-order valence-corrected chi connectivity index (χ0v) is 9.31. The molecule has 0 aliphatic heterocycles. The predicted octanol–water partition coefficient (Wildman–Crippen LogP) is 2.83. The molecule has 0 heterocycles. The molecule has 0 saturated heterocycles. The number of hydrogen-bond donors (Lipinski definition) is 2. The van der Waals surface area contributed by atoms with Crippen molar-refractivity contribution in [3.63, 3.8) is 0 Å². The van der Waals surface area contributed by atoms with Crippen molar-refractivity contribution >= 4 is 12.0 Å². The molecule has 0 radical (unpaired) electrons. The first-order chi connectivity index (χ1) is 7.63. The van der Waals surface area contributed by atoms with Gasteiger partial charge in [0.1, 0.15) is 5.75 Å². The molecule has 1 aromatic rings. The van der Waals surface area contributed by atoms with Crippen LogP contribution in [-0.2, 0) is 11.2 Å². The number of aromatic hydroxyl groups is 1. The van der Waals surface area contributed by atoms with Crippen molar-refractivity contribution in [3.8, 4) is 5.75 Å². The molecular formula is C13H16O3. The van der Waals surface area contributed by atoms with Gasteiger partial charge in [-0.15, -0.1) is 0 Å². The minimum Gasteiger partial charge on any atom is -0.508 e. The van der Waals surface area contributed by atoms with Gasteiger partial charge in [-0.1, -0.05) is 19.4 Å². The average Bonchev–Trinajstić information content (AvgIpc) is 2.24. The molecule has 86 valence electrons. The third-order valence-corrected chi connectivity index (χ3v) is 2.33. The number of rotatable bonds is 5. The highest BCUT2D eigenvalue weighted by molar-refractivity contribution is 5.85. The van der Waals surface area contributed by atoms with Crippen LogP contribution in [0.25, 0.3) is 6.08 Å². The summed E-state index contributed by atoms with van der Waals surface area (Å²) in [6.07, 6.45) is 5.62. The number of hydrogen-bond acceptors (Lipinski definition) is 2. The minimum absolute atomic E-state index is 0.221. The molecule has 0 fully saturated rings. The first kappa shape index (κ1) is 12.3. The molecule has 0 aromatic heterocycles. The van der Waals surface area contributed by atoms with E-state index in [1.807, 2.05) is 0 Å². The number of phenolic OH excluding ortho intramolecular Hbond substituents is 1. The Labute approximate surface area is 95.0 Å². The lowest BCUT2D eigenvalue weighted by Crippen LogP contribution is -1.91. The summed E-state index contributed by atoms with van der Waals surface area (Å²) in [4.78, 5) is 10.4. The number of carboxylic acids is 1. The Morgan fingerprint density at radius 3 is 2.81 bits per heavy atom. The molecule has 0 aliphatic rings. The van der Waals surface area contributed by atoms with E-state index in [0.29, 0.717) is 0 Å². The first-order valence-corrected chi connectivity index (χ1v) is 5.36. The van der Waals surface area contributed by atoms with Gasteiger partial charge in [0.05, 0.1) is 0 Å². The fourth-order valence-corrected chi connectivity index (χ4v) is 1.50. The van der Waals surface area contributed by atoms with Crippen LogP contribution in [0.2, 0.25) is 0 Å². The summed E-state index contributed by atoms with van der Waals surface area (Å²) in [6, 6.07) is 4.99. The molecule has 1 aromatic carbocycles. The van der Waals surface area contributed by atoms with Crippen LogP contribution < -0.4 is 0 Å². The topological polar surface area (TPSA) is 57.5 Å².